The first-order chi connectivity index (χ1) is 12.5. The standard InChI is InChI=1S/C22H28F2Si3/c1-25(2,3)21-19(17-13-9-7-10-14-17)20(18-15-11-8-12-16-18)22(26(4,5)6)27(21,23)24/h7-16H,1-6H3. The summed E-state index contributed by atoms with van der Waals surface area (Å²) in [7, 11) is -9.14. The molecule has 2 aromatic carbocycles. The average Bonchev–Trinajstić information content (AvgIpc) is 2.84. The lowest BCUT2D eigenvalue weighted by molar-refractivity contribution is 0.645. The molecular formula is C22H28F2Si3. The van der Waals surface area contributed by atoms with Crippen molar-refractivity contribution in [1.82, 2.24) is 0 Å². The molecule has 142 valence electrons. The van der Waals surface area contributed by atoms with Gasteiger partial charge < -0.3 is 0 Å². The molecule has 1 heterocycles. The molecule has 0 amide bonds. The molecule has 0 aliphatic carbocycles. The second kappa shape index (κ2) is 6.79. The lowest BCUT2D eigenvalue weighted by Gasteiger charge is -2.30. The van der Waals surface area contributed by atoms with Crippen LogP contribution in [0.2, 0.25) is 39.3 Å². The van der Waals surface area contributed by atoms with Crippen molar-refractivity contribution in [3.05, 3.63) is 81.4 Å². The van der Waals surface area contributed by atoms with Gasteiger partial charge >= 0.3 is 8.74 Å². The highest BCUT2D eigenvalue weighted by molar-refractivity contribution is 7.15. The Morgan fingerprint density at radius 3 is 1.11 bits per heavy atom. The van der Waals surface area contributed by atoms with Crippen molar-refractivity contribution in [3.8, 4) is 0 Å². The third kappa shape index (κ3) is 3.60. The van der Waals surface area contributed by atoms with Crippen LogP contribution in [0.3, 0.4) is 0 Å². The third-order valence-electron chi connectivity index (χ3n) is 5.00. The molecule has 0 aromatic heterocycles. The van der Waals surface area contributed by atoms with Crippen molar-refractivity contribution in [2.24, 2.45) is 0 Å². The first-order valence-electron chi connectivity index (χ1n) is 9.45. The van der Waals surface area contributed by atoms with Gasteiger partial charge in [0.15, 0.2) is 0 Å². The van der Waals surface area contributed by atoms with E-state index in [1.54, 1.807) is 0 Å². The van der Waals surface area contributed by atoms with Gasteiger partial charge in [-0.3, -0.25) is 8.22 Å². The smallest absolute Gasteiger partial charge is 0.261 e. The number of halogens is 2. The lowest BCUT2D eigenvalue weighted by Crippen LogP contribution is -2.47. The Morgan fingerprint density at radius 2 is 0.852 bits per heavy atom. The fourth-order valence-electron chi connectivity index (χ4n) is 4.17. The van der Waals surface area contributed by atoms with Gasteiger partial charge in [-0.05, 0) is 31.9 Å². The van der Waals surface area contributed by atoms with E-state index in [-0.39, 0.29) is 0 Å². The zero-order valence-electron chi connectivity index (χ0n) is 17.0. The molecule has 0 fully saturated rings. The number of hydrogen-bond acceptors (Lipinski definition) is 0. The molecule has 0 atom stereocenters. The molecule has 0 spiro atoms. The average molecular weight is 415 g/mol. The van der Waals surface area contributed by atoms with E-state index in [2.05, 4.69) is 39.3 Å². The Hall–Kier alpha value is -1.57. The monoisotopic (exact) mass is 414 g/mol. The molecule has 0 saturated heterocycles. The molecule has 2 aromatic rings. The van der Waals surface area contributed by atoms with E-state index < -0.39 is 24.9 Å². The maximum absolute atomic E-state index is 16.2. The van der Waals surface area contributed by atoms with Crippen molar-refractivity contribution >= 4 is 36.0 Å². The topological polar surface area (TPSA) is 0 Å². The zero-order chi connectivity index (χ0) is 20.0. The van der Waals surface area contributed by atoms with Crippen LogP contribution in [0.25, 0.3) is 11.1 Å². The fourth-order valence-corrected chi connectivity index (χ4v) is 16.3. The van der Waals surface area contributed by atoms with Gasteiger partial charge in [0.05, 0.1) is 16.1 Å². The van der Waals surface area contributed by atoms with E-state index in [9.17, 15) is 0 Å². The van der Waals surface area contributed by atoms with Crippen LogP contribution in [-0.4, -0.2) is 24.9 Å². The number of allylic oxidation sites excluding steroid dienone is 2. The maximum atomic E-state index is 16.2. The molecular weight excluding hydrogens is 386 g/mol. The molecule has 0 nitrogen and oxygen atoms in total. The molecule has 27 heavy (non-hydrogen) atoms. The highest BCUT2D eigenvalue weighted by Crippen LogP contribution is 2.54. The largest absolute Gasteiger partial charge is 0.473 e. The second-order valence-corrected chi connectivity index (χ2v) is 22.5. The van der Waals surface area contributed by atoms with Crippen LogP contribution in [-0.2, 0) is 0 Å². The van der Waals surface area contributed by atoms with Gasteiger partial charge in [0.2, 0.25) is 0 Å². The Bertz CT molecular complexity index is 825. The Balaban J connectivity index is 2.48. The first-order valence-corrected chi connectivity index (χ1v) is 18.2. The minimum absolute atomic E-state index is 0.525. The van der Waals surface area contributed by atoms with E-state index in [0.717, 1.165) is 22.3 Å². The fraction of sp³-hybridized carbons (Fsp3) is 0.273. The summed E-state index contributed by atoms with van der Waals surface area (Å²) in [6.07, 6.45) is 0. The number of hydrogen-bond donors (Lipinski definition) is 0. The van der Waals surface area contributed by atoms with E-state index in [1.807, 2.05) is 60.7 Å². The van der Waals surface area contributed by atoms with Crippen LogP contribution in [0.5, 0.6) is 0 Å². The Labute approximate surface area is 165 Å². The maximum Gasteiger partial charge on any atom is 0.473 e. The summed E-state index contributed by atoms with van der Waals surface area (Å²) < 4.78 is 32.5. The van der Waals surface area contributed by atoms with E-state index in [4.69, 9.17) is 0 Å². The normalized spacial score (nSPS) is 17.6. The molecule has 0 bridgehead atoms. The molecule has 0 unspecified atom stereocenters. The van der Waals surface area contributed by atoms with E-state index in [0.29, 0.717) is 9.64 Å². The second-order valence-electron chi connectivity index (χ2n) is 9.31. The summed E-state index contributed by atoms with van der Waals surface area (Å²) in [5, 5.41) is 0. The molecule has 1 aliphatic rings. The molecule has 3 rings (SSSR count). The highest BCUT2D eigenvalue weighted by Gasteiger charge is 2.59. The van der Waals surface area contributed by atoms with E-state index in [1.165, 1.54) is 0 Å². The SMILES string of the molecule is C[Si](C)(C)C1=C(c2ccccc2)C(c2ccccc2)=C([Si](C)(C)C)[Si]1(F)F. The van der Waals surface area contributed by atoms with Crippen molar-refractivity contribution in [1.29, 1.82) is 0 Å². The zero-order valence-corrected chi connectivity index (χ0v) is 20.0. The van der Waals surface area contributed by atoms with Crippen molar-refractivity contribution in [2.45, 2.75) is 39.3 Å². The van der Waals surface area contributed by atoms with Gasteiger partial charge in [0, 0.05) is 0 Å². The summed E-state index contributed by atoms with van der Waals surface area (Å²) >= 11 is 0. The summed E-state index contributed by atoms with van der Waals surface area (Å²) in [5.74, 6) is 0. The van der Waals surface area contributed by atoms with Crippen LogP contribution in [0.1, 0.15) is 11.1 Å². The van der Waals surface area contributed by atoms with Crippen LogP contribution < -0.4 is 0 Å². The number of benzene rings is 2. The van der Waals surface area contributed by atoms with Crippen LogP contribution >= 0.6 is 0 Å². The molecule has 0 radical (unpaired) electrons. The number of rotatable bonds is 4. The summed E-state index contributed by atoms with van der Waals surface area (Å²) in [5.41, 5.74) is 3.56. The van der Waals surface area contributed by atoms with Gasteiger partial charge in [-0.25, -0.2) is 0 Å². The summed E-state index contributed by atoms with van der Waals surface area (Å²) in [6.45, 7) is 12.4. The predicted molar refractivity (Wildman–Crippen MR) is 121 cm³/mol. The summed E-state index contributed by atoms with van der Waals surface area (Å²) in [6, 6.07) is 19.7. The van der Waals surface area contributed by atoms with Crippen molar-refractivity contribution in [3.63, 3.8) is 0 Å². The molecule has 5 heteroatoms. The van der Waals surface area contributed by atoms with E-state index >= 15 is 8.22 Å². The molecule has 0 saturated carbocycles. The molecule has 1 aliphatic heterocycles. The first kappa shape index (κ1) is 20.2. The minimum Gasteiger partial charge on any atom is -0.261 e. The third-order valence-corrected chi connectivity index (χ3v) is 16.6. The van der Waals surface area contributed by atoms with Crippen LogP contribution in [0.4, 0.5) is 8.22 Å². The van der Waals surface area contributed by atoms with Gasteiger partial charge in [-0.15, -0.1) is 0 Å². The quantitative estimate of drug-likeness (QED) is 0.369. The van der Waals surface area contributed by atoms with Crippen molar-refractivity contribution < 1.29 is 8.22 Å². The van der Waals surface area contributed by atoms with Crippen LogP contribution in [0.15, 0.2) is 70.3 Å². The van der Waals surface area contributed by atoms with Gasteiger partial charge in [-0.1, -0.05) is 99.9 Å². The van der Waals surface area contributed by atoms with Crippen molar-refractivity contribution in [2.75, 3.05) is 0 Å². The van der Waals surface area contributed by atoms with Gasteiger partial charge in [-0.2, -0.15) is 0 Å². The minimum atomic E-state index is -4.68. The lowest BCUT2D eigenvalue weighted by atomic mass is 9.95. The molecule has 0 N–H and O–H groups in total. The highest BCUT2D eigenvalue weighted by atomic mass is 28.5. The van der Waals surface area contributed by atoms with Gasteiger partial charge in [0.1, 0.15) is 0 Å². The summed E-state index contributed by atoms with van der Waals surface area (Å²) in [4.78, 5) is 1.05. The van der Waals surface area contributed by atoms with Gasteiger partial charge in [0.25, 0.3) is 0 Å². The Morgan fingerprint density at radius 1 is 0.556 bits per heavy atom. The predicted octanol–water partition coefficient (Wildman–Crippen LogP) is 7.12. The van der Waals surface area contributed by atoms with Crippen LogP contribution in [0, 0.1) is 0 Å². The Kier molecular flexibility index (Phi) is 5.08.